The molecule has 0 N–H and O–H groups in total. The van der Waals surface area contributed by atoms with Crippen LogP contribution in [0.4, 0.5) is 5.69 Å². The van der Waals surface area contributed by atoms with Crippen LogP contribution in [0.5, 0.6) is 5.75 Å². The van der Waals surface area contributed by atoms with Crippen LogP contribution in [0.2, 0.25) is 0 Å². The minimum atomic E-state index is -0.411. The van der Waals surface area contributed by atoms with Gasteiger partial charge in [0.25, 0.3) is 0 Å². The van der Waals surface area contributed by atoms with E-state index >= 15 is 0 Å². The van der Waals surface area contributed by atoms with Crippen LogP contribution in [0.1, 0.15) is 19.8 Å². The van der Waals surface area contributed by atoms with Crippen molar-refractivity contribution in [3.05, 3.63) is 35.7 Å². The number of benzene rings is 1. The fraction of sp³-hybridized carbons (Fsp3) is 0.471. The first-order chi connectivity index (χ1) is 11.2. The van der Waals surface area contributed by atoms with Crippen molar-refractivity contribution in [2.24, 2.45) is 0 Å². The topological polar surface area (TPSA) is 54.2 Å². The zero-order valence-corrected chi connectivity index (χ0v) is 13.3. The van der Waals surface area contributed by atoms with E-state index < -0.39 is 11.8 Å². The molecule has 1 aliphatic heterocycles. The van der Waals surface area contributed by atoms with Gasteiger partial charge < -0.3 is 14.5 Å². The summed E-state index contributed by atoms with van der Waals surface area (Å²) >= 11 is 0. The SMILES string of the molecule is [C-]#[N+]c1ccc(OCCCN2CCN(CCC)C(=O)C2=O)cc1. The number of rotatable bonds is 7. The molecule has 23 heavy (non-hydrogen) atoms. The summed E-state index contributed by atoms with van der Waals surface area (Å²) in [5.74, 6) is -0.104. The highest BCUT2D eigenvalue weighted by molar-refractivity contribution is 6.35. The Morgan fingerprint density at radius 1 is 1.09 bits per heavy atom. The van der Waals surface area contributed by atoms with Gasteiger partial charge in [-0.25, -0.2) is 4.85 Å². The van der Waals surface area contributed by atoms with Crippen LogP contribution >= 0.6 is 0 Å². The van der Waals surface area contributed by atoms with Gasteiger partial charge >= 0.3 is 11.8 Å². The van der Waals surface area contributed by atoms with E-state index in [-0.39, 0.29) is 0 Å². The first-order valence-electron chi connectivity index (χ1n) is 7.84. The molecule has 1 heterocycles. The third-order valence-corrected chi connectivity index (χ3v) is 3.70. The molecule has 6 heteroatoms. The highest BCUT2D eigenvalue weighted by Crippen LogP contribution is 2.18. The standard InChI is InChI=1S/C17H21N3O3/c1-3-9-19-11-12-20(17(22)16(19)21)10-4-13-23-15-7-5-14(18-2)6-8-15/h5-8H,3-4,9-13H2,1H3. The molecular weight excluding hydrogens is 294 g/mol. The quantitative estimate of drug-likeness (QED) is 0.440. The molecule has 1 saturated heterocycles. The lowest BCUT2D eigenvalue weighted by Gasteiger charge is -2.33. The van der Waals surface area contributed by atoms with Crippen LogP contribution in [0.3, 0.4) is 0 Å². The second kappa shape index (κ2) is 8.18. The van der Waals surface area contributed by atoms with Gasteiger partial charge in [0.05, 0.1) is 13.2 Å². The zero-order valence-electron chi connectivity index (χ0n) is 13.3. The molecule has 0 unspecified atom stereocenters. The maximum absolute atomic E-state index is 12.0. The summed E-state index contributed by atoms with van der Waals surface area (Å²) in [4.78, 5) is 30.5. The lowest BCUT2D eigenvalue weighted by molar-refractivity contribution is -0.156. The number of carbonyl (C=O) groups is 2. The normalized spacial score (nSPS) is 14.8. The molecule has 0 saturated carbocycles. The molecule has 1 aliphatic rings. The largest absolute Gasteiger partial charge is 0.494 e. The summed E-state index contributed by atoms with van der Waals surface area (Å²) in [5.41, 5.74) is 0.575. The van der Waals surface area contributed by atoms with Crippen LogP contribution in [0.15, 0.2) is 24.3 Å². The van der Waals surface area contributed by atoms with Crippen molar-refractivity contribution in [1.29, 1.82) is 0 Å². The molecule has 1 fully saturated rings. The van der Waals surface area contributed by atoms with Gasteiger partial charge in [0.15, 0.2) is 5.69 Å². The zero-order chi connectivity index (χ0) is 16.7. The highest BCUT2D eigenvalue weighted by Gasteiger charge is 2.31. The molecule has 6 nitrogen and oxygen atoms in total. The Morgan fingerprint density at radius 2 is 1.70 bits per heavy atom. The molecule has 2 rings (SSSR count). The second-order valence-electron chi connectivity index (χ2n) is 5.39. The van der Waals surface area contributed by atoms with Crippen molar-refractivity contribution in [2.45, 2.75) is 19.8 Å². The predicted molar refractivity (Wildman–Crippen MR) is 86.3 cm³/mol. The Hall–Kier alpha value is -2.55. The van der Waals surface area contributed by atoms with Gasteiger partial charge in [-0.3, -0.25) is 9.59 Å². The molecule has 0 radical (unpaired) electrons. The number of amides is 2. The summed E-state index contributed by atoms with van der Waals surface area (Å²) in [6.45, 7) is 11.7. The molecule has 1 aromatic carbocycles. The Morgan fingerprint density at radius 3 is 2.26 bits per heavy atom. The summed E-state index contributed by atoms with van der Waals surface area (Å²) in [5, 5.41) is 0. The van der Waals surface area contributed by atoms with Gasteiger partial charge in [0.2, 0.25) is 0 Å². The van der Waals surface area contributed by atoms with E-state index in [0.717, 1.165) is 6.42 Å². The average Bonchev–Trinajstić information content (AvgIpc) is 2.58. The molecule has 0 aromatic heterocycles. The highest BCUT2D eigenvalue weighted by atomic mass is 16.5. The third-order valence-electron chi connectivity index (χ3n) is 3.70. The van der Waals surface area contributed by atoms with Gasteiger partial charge in [-0.2, -0.15) is 0 Å². The number of ether oxygens (including phenoxy) is 1. The molecule has 1 aromatic rings. The predicted octanol–water partition coefficient (Wildman–Crippen LogP) is 2.09. The van der Waals surface area contributed by atoms with Gasteiger partial charge in [0, 0.05) is 26.2 Å². The Kier molecular flexibility index (Phi) is 5.98. The van der Waals surface area contributed by atoms with Crippen molar-refractivity contribution >= 4 is 17.5 Å². The van der Waals surface area contributed by atoms with Gasteiger partial charge in [0.1, 0.15) is 5.75 Å². The summed E-state index contributed by atoms with van der Waals surface area (Å²) in [6.07, 6.45) is 1.52. The molecular formula is C17H21N3O3. The van der Waals surface area contributed by atoms with Gasteiger partial charge in [-0.05, 0) is 25.0 Å². The van der Waals surface area contributed by atoms with Gasteiger partial charge in [-0.1, -0.05) is 19.1 Å². The minimum absolute atomic E-state index is 0.395. The van der Waals surface area contributed by atoms with E-state index in [4.69, 9.17) is 11.3 Å². The van der Waals surface area contributed by atoms with Crippen molar-refractivity contribution < 1.29 is 14.3 Å². The van der Waals surface area contributed by atoms with E-state index in [1.165, 1.54) is 0 Å². The maximum Gasteiger partial charge on any atom is 0.312 e. The Bertz CT molecular complexity index is 592. The molecule has 0 aliphatic carbocycles. The number of carbonyl (C=O) groups excluding carboxylic acids is 2. The number of nitrogens with zero attached hydrogens (tertiary/aromatic N) is 3. The second-order valence-corrected chi connectivity index (χ2v) is 5.39. The Labute approximate surface area is 136 Å². The van der Waals surface area contributed by atoms with Crippen molar-refractivity contribution in [3.63, 3.8) is 0 Å². The Balaban J connectivity index is 1.73. The third kappa shape index (κ3) is 4.46. The van der Waals surface area contributed by atoms with Crippen LogP contribution in [-0.4, -0.2) is 54.4 Å². The van der Waals surface area contributed by atoms with E-state index in [0.29, 0.717) is 50.6 Å². The van der Waals surface area contributed by atoms with E-state index in [2.05, 4.69) is 4.85 Å². The van der Waals surface area contributed by atoms with Crippen LogP contribution in [0.25, 0.3) is 4.85 Å². The van der Waals surface area contributed by atoms with Crippen molar-refractivity contribution in [1.82, 2.24) is 9.80 Å². The molecule has 0 atom stereocenters. The number of hydrogen-bond acceptors (Lipinski definition) is 3. The minimum Gasteiger partial charge on any atom is -0.494 e. The first-order valence-corrected chi connectivity index (χ1v) is 7.84. The molecule has 0 spiro atoms. The van der Waals surface area contributed by atoms with Crippen molar-refractivity contribution in [3.8, 4) is 5.75 Å². The summed E-state index contributed by atoms with van der Waals surface area (Å²) in [7, 11) is 0. The molecule has 0 bridgehead atoms. The fourth-order valence-corrected chi connectivity index (χ4v) is 2.47. The number of piperazine rings is 1. The lowest BCUT2D eigenvalue weighted by atomic mass is 10.2. The van der Waals surface area contributed by atoms with Crippen LogP contribution in [0, 0.1) is 6.57 Å². The smallest absolute Gasteiger partial charge is 0.312 e. The van der Waals surface area contributed by atoms with Crippen LogP contribution in [-0.2, 0) is 9.59 Å². The van der Waals surface area contributed by atoms with Gasteiger partial charge in [-0.15, -0.1) is 0 Å². The molecule has 122 valence electrons. The fourth-order valence-electron chi connectivity index (χ4n) is 2.47. The van der Waals surface area contributed by atoms with Crippen molar-refractivity contribution in [2.75, 3.05) is 32.8 Å². The monoisotopic (exact) mass is 315 g/mol. The summed E-state index contributed by atoms with van der Waals surface area (Å²) in [6, 6.07) is 6.92. The van der Waals surface area contributed by atoms with E-state index in [1.807, 2.05) is 6.92 Å². The molecule has 2 amide bonds. The number of hydrogen-bond donors (Lipinski definition) is 0. The first kappa shape index (κ1) is 16.8. The average molecular weight is 315 g/mol. The van der Waals surface area contributed by atoms with E-state index in [1.54, 1.807) is 34.1 Å². The lowest BCUT2D eigenvalue weighted by Crippen LogP contribution is -2.54. The van der Waals surface area contributed by atoms with Crippen LogP contribution < -0.4 is 4.74 Å². The van der Waals surface area contributed by atoms with E-state index in [9.17, 15) is 9.59 Å². The maximum atomic E-state index is 12.0. The summed E-state index contributed by atoms with van der Waals surface area (Å²) < 4.78 is 5.58.